The van der Waals surface area contributed by atoms with Gasteiger partial charge in [-0.1, -0.05) is 18.2 Å². The Hall–Kier alpha value is -3.79. The summed E-state index contributed by atoms with van der Waals surface area (Å²) in [4.78, 5) is 34.0. The van der Waals surface area contributed by atoms with Crippen LogP contribution in [0.15, 0.2) is 42.5 Å². The standard InChI is InChI=1S/C26H32N6O4/c1-31(2)24-20-6-4-5-7-22(20)29-26(30-24)28-19-11-8-17(9-12-19)15-27-16-18-10-13-21(25(33)36-3)23(14-18)32(34)35/h4-7,10,13-14,17,19,27H,8-9,11-12,15-16H2,1-3H3,(H,28,29,30)/t17-,19+. The number of fused-ring (bicyclic) bond motifs is 1. The second-order valence-corrected chi connectivity index (χ2v) is 9.38. The lowest BCUT2D eigenvalue weighted by Gasteiger charge is -2.29. The molecule has 1 aromatic heterocycles. The first-order chi connectivity index (χ1) is 17.4. The zero-order valence-corrected chi connectivity index (χ0v) is 20.9. The Balaban J connectivity index is 1.29. The number of ether oxygens (including phenoxy) is 1. The average Bonchev–Trinajstić information content (AvgIpc) is 2.88. The molecule has 4 rings (SSSR count). The van der Waals surface area contributed by atoms with Gasteiger partial charge in [-0.3, -0.25) is 10.1 Å². The summed E-state index contributed by atoms with van der Waals surface area (Å²) in [6.45, 7) is 1.33. The van der Waals surface area contributed by atoms with Gasteiger partial charge in [-0.05, 0) is 61.9 Å². The van der Waals surface area contributed by atoms with Crippen molar-refractivity contribution in [3.63, 3.8) is 0 Å². The smallest absolute Gasteiger partial charge is 0.344 e. The van der Waals surface area contributed by atoms with Crippen molar-refractivity contribution in [1.29, 1.82) is 0 Å². The maximum absolute atomic E-state index is 11.8. The molecule has 1 saturated carbocycles. The molecule has 1 aliphatic carbocycles. The van der Waals surface area contributed by atoms with Crippen molar-refractivity contribution >= 4 is 34.3 Å². The summed E-state index contributed by atoms with van der Waals surface area (Å²) in [5, 5.41) is 19.3. The third-order valence-corrected chi connectivity index (χ3v) is 6.61. The van der Waals surface area contributed by atoms with Crippen molar-refractivity contribution in [2.75, 3.05) is 38.0 Å². The maximum atomic E-state index is 11.8. The average molecular weight is 493 g/mol. The zero-order chi connectivity index (χ0) is 25.7. The van der Waals surface area contributed by atoms with Crippen LogP contribution in [0.2, 0.25) is 0 Å². The molecule has 0 amide bonds. The number of hydrogen-bond donors (Lipinski definition) is 2. The van der Waals surface area contributed by atoms with Crippen LogP contribution in [0.3, 0.4) is 0 Å². The van der Waals surface area contributed by atoms with Crippen LogP contribution in [0, 0.1) is 16.0 Å². The fraction of sp³-hybridized carbons (Fsp3) is 0.423. The lowest BCUT2D eigenvalue weighted by atomic mass is 9.86. The summed E-state index contributed by atoms with van der Waals surface area (Å²) in [6.07, 6.45) is 4.19. The minimum atomic E-state index is -0.710. The minimum absolute atomic E-state index is 0.0369. The van der Waals surface area contributed by atoms with Gasteiger partial charge in [-0.25, -0.2) is 9.78 Å². The van der Waals surface area contributed by atoms with E-state index in [9.17, 15) is 14.9 Å². The number of hydrogen-bond acceptors (Lipinski definition) is 9. The number of aromatic nitrogens is 2. The molecule has 3 aromatic rings. The second-order valence-electron chi connectivity index (χ2n) is 9.38. The van der Waals surface area contributed by atoms with E-state index in [1.165, 1.54) is 19.2 Å². The van der Waals surface area contributed by atoms with Crippen LogP contribution in [-0.4, -0.2) is 54.7 Å². The van der Waals surface area contributed by atoms with Crippen LogP contribution in [0.1, 0.15) is 41.6 Å². The molecule has 1 fully saturated rings. The van der Waals surface area contributed by atoms with E-state index in [0.29, 0.717) is 24.5 Å². The lowest BCUT2D eigenvalue weighted by Crippen LogP contribution is -2.31. The normalized spacial score (nSPS) is 17.5. The quantitative estimate of drug-likeness (QED) is 0.258. The van der Waals surface area contributed by atoms with E-state index in [1.807, 2.05) is 43.3 Å². The first kappa shape index (κ1) is 25.3. The van der Waals surface area contributed by atoms with Crippen LogP contribution in [0.4, 0.5) is 17.5 Å². The molecule has 0 radical (unpaired) electrons. The molecule has 2 N–H and O–H groups in total. The molecular weight excluding hydrogens is 460 g/mol. The highest BCUT2D eigenvalue weighted by Crippen LogP contribution is 2.28. The number of anilines is 2. The predicted octanol–water partition coefficient (Wildman–Crippen LogP) is 4.15. The van der Waals surface area contributed by atoms with E-state index in [4.69, 9.17) is 9.97 Å². The number of carbonyl (C=O) groups is 1. The van der Waals surface area contributed by atoms with Gasteiger partial charge in [0.2, 0.25) is 5.95 Å². The van der Waals surface area contributed by atoms with Gasteiger partial charge in [0.25, 0.3) is 5.69 Å². The highest BCUT2D eigenvalue weighted by molar-refractivity contribution is 5.94. The summed E-state index contributed by atoms with van der Waals surface area (Å²) in [5.41, 5.74) is 1.41. The van der Waals surface area contributed by atoms with E-state index in [0.717, 1.165) is 54.5 Å². The Labute approximate surface area is 210 Å². The van der Waals surface area contributed by atoms with E-state index >= 15 is 0 Å². The summed E-state index contributed by atoms with van der Waals surface area (Å²) in [6, 6.07) is 13.0. The third kappa shape index (κ3) is 5.88. The molecule has 0 bridgehead atoms. The maximum Gasteiger partial charge on any atom is 0.344 e. The Morgan fingerprint density at radius 1 is 1.14 bits per heavy atom. The van der Waals surface area contributed by atoms with Gasteiger partial charge in [0.05, 0.1) is 17.5 Å². The number of methoxy groups -OCH3 is 1. The number of rotatable bonds is 9. The van der Waals surface area contributed by atoms with E-state index < -0.39 is 10.9 Å². The summed E-state index contributed by atoms with van der Waals surface area (Å²) < 4.78 is 4.63. The predicted molar refractivity (Wildman–Crippen MR) is 139 cm³/mol. The molecule has 0 atom stereocenters. The van der Waals surface area contributed by atoms with Crippen molar-refractivity contribution in [3.8, 4) is 0 Å². The molecule has 1 heterocycles. The molecule has 10 nitrogen and oxygen atoms in total. The van der Waals surface area contributed by atoms with Crippen molar-refractivity contribution in [1.82, 2.24) is 15.3 Å². The second kappa shape index (κ2) is 11.3. The molecular formula is C26H32N6O4. The molecule has 190 valence electrons. The largest absolute Gasteiger partial charge is 0.465 e. The minimum Gasteiger partial charge on any atom is -0.465 e. The van der Waals surface area contributed by atoms with Crippen LogP contribution in [0.5, 0.6) is 0 Å². The summed E-state index contributed by atoms with van der Waals surface area (Å²) in [5.74, 6) is 1.39. The molecule has 1 aliphatic rings. The first-order valence-corrected chi connectivity index (χ1v) is 12.1. The van der Waals surface area contributed by atoms with Crippen LogP contribution in [-0.2, 0) is 11.3 Å². The monoisotopic (exact) mass is 492 g/mol. The number of nitro benzene ring substituents is 1. The molecule has 36 heavy (non-hydrogen) atoms. The topological polar surface area (TPSA) is 123 Å². The van der Waals surface area contributed by atoms with Gasteiger partial charge < -0.3 is 20.3 Å². The summed E-state index contributed by atoms with van der Waals surface area (Å²) >= 11 is 0. The Morgan fingerprint density at radius 2 is 1.89 bits per heavy atom. The molecule has 10 heteroatoms. The number of esters is 1. The van der Waals surface area contributed by atoms with Gasteiger partial charge in [-0.15, -0.1) is 0 Å². The van der Waals surface area contributed by atoms with Gasteiger partial charge in [0, 0.05) is 38.1 Å². The fourth-order valence-electron chi connectivity index (χ4n) is 4.70. The van der Waals surface area contributed by atoms with Crippen LogP contribution in [0.25, 0.3) is 10.9 Å². The number of benzene rings is 2. The fourth-order valence-corrected chi connectivity index (χ4v) is 4.70. The SMILES string of the molecule is COC(=O)c1ccc(CNC[C@H]2CC[C@@H](Nc3nc(N(C)C)c4ccccc4n3)CC2)cc1[N+](=O)[O-]. The first-order valence-electron chi connectivity index (χ1n) is 12.1. The molecule has 0 unspecified atom stereocenters. The molecule has 2 aromatic carbocycles. The molecule has 0 saturated heterocycles. The van der Waals surface area contributed by atoms with Crippen molar-refractivity contribution in [2.24, 2.45) is 5.92 Å². The highest BCUT2D eigenvalue weighted by atomic mass is 16.6. The molecule has 0 aliphatic heterocycles. The summed E-state index contributed by atoms with van der Waals surface area (Å²) in [7, 11) is 5.19. The van der Waals surface area contributed by atoms with Gasteiger partial charge in [0.15, 0.2) is 0 Å². The third-order valence-electron chi connectivity index (χ3n) is 6.61. The number of nitrogens with zero attached hydrogens (tertiary/aromatic N) is 4. The van der Waals surface area contributed by atoms with Gasteiger partial charge in [0.1, 0.15) is 11.4 Å². The Bertz CT molecular complexity index is 1240. The van der Waals surface area contributed by atoms with Crippen molar-refractivity contribution in [2.45, 2.75) is 38.3 Å². The van der Waals surface area contributed by atoms with Crippen molar-refractivity contribution in [3.05, 3.63) is 63.7 Å². The van der Waals surface area contributed by atoms with Crippen LogP contribution < -0.4 is 15.5 Å². The highest BCUT2D eigenvalue weighted by Gasteiger charge is 2.23. The number of nitrogens with one attached hydrogen (secondary N) is 2. The van der Waals surface area contributed by atoms with Crippen LogP contribution >= 0.6 is 0 Å². The van der Waals surface area contributed by atoms with Gasteiger partial charge in [-0.2, -0.15) is 4.98 Å². The lowest BCUT2D eigenvalue weighted by molar-refractivity contribution is -0.385. The van der Waals surface area contributed by atoms with Gasteiger partial charge >= 0.3 is 5.97 Å². The Morgan fingerprint density at radius 3 is 2.58 bits per heavy atom. The van der Waals surface area contributed by atoms with Crippen molar-refractivity contribution < 1.29 is 14.5 Å². The van der Waals surface area contributed by atoms with E-state index in [1.54, 1.807) is 6.07 Å². The number of para-hydroxylation sites is 1. The van der Waals surface area contributed by atoms with E-state index in [2.05, 4.69) is 15.4 Å². The Kier molecular flexibility index (Phi) is 7.94. The zero-order valence-electron chi connectivity index (χ0n) is 20.9. The molecule has 0 spiro atoms. The van der Waals surface area contributed by atoms with E-state index in [-0.39, 0.29) is 11.3 Å². The number of nitro groups is 1. The number of carbonyl (C=O) groups excluding carboxylic acids is 1.